The maximum atomic E-state index is 12.6. The van der Waals surface area contributed by atoms with Crippen molar-refractivity contribution in [2.75, 3.05) is 7.11 Å². The van der Waals surface area contributed by atoms with E-state index in [4.69, 9.17) is 4.74 Å². The lowest BCUT2D eigenvalue weighted by Crippen LogP contribution is -2.38. The molecular weight excluding hydrogens is 492 g/mol. The average Bonchev–Trinajstić information content (AvgIpc) is 3.41. The molecular formula is C32H36N2O5. The number of hydrogen-bond acceptors (Lipinski definition) is 6. The summed E-state index contributed by atoms with van der Waals surface area (Å²) in [5.41, 5.74) is 1.78. The number of aliphatic hydroxyl groups excluding tert-OH is 1. The van der Waals surface area contributed by atoms with Gasteiger partial charge < -0.3 is 25.4 Å². The molecule has 0 bridgehead atoms. The topological polar surface area (TPSA) is 111 Å². The number of rotatable bonds is 12. The van der Waals surface area contributed by atoms with E-state index in [9.17, 15) is 20.1 Å². The molecule has 1 heterocycles. The summed E-state index contributed by atoms with van der Waals surface area (Å²) in [5.74, 6) is 0.625. The number of allylic oxidation sites excluding steroid dienone is 1. The second kappa shape index (κ2) is 12.3. The van der Waals surface area contributed by atoms with Crippen LogP contribution in [0.3, 0.4) is 0 Å². The van der Waals surface area contributed by atoms with Gasteiger partial charge in [0.05, 0.1) is 31.3 Å². The minimum atomic E-state index is -1.31. The number of carbonyl (C=O) groups excluding carboxylic acids is 1. The molecule has 2 unspecified atom stereocenters. The largest absolute Gasteiger partial charge is 0.508 e. The smallest absolute Gasteiger partial charge is 0.224 e. The molecule has 39 heavy (non-hydrogen) atoms. The normalized spacial score (nSPS) is 17.6. The summed E-state index contributed by atoms with van der Waals surface area (Å²) in [6.07, 6.45) is 7.26. The van der Waals surface area contributed by atoms with E-state index in [1.807, 2.05) is 67.6 Å². The van der Waals surface area contributed by atoms with Gasteiger partial charge in [-0.05, 0) is 47.4 Å². The number of carbonyl (C=O) groups is 1. The Morgan fingerprint density at radius 2 is 1.79 bits per heavy atom. The average molecular weight is 529 g/mol. The number of methoxy groups -OCH3 is 1. The molecule has 0 saturated heterocycles. The number of aliphatic hydroxyl groups is 2. The molecule has 4 rings (SSSR count). The zero-order chi connectivity index (χ0) is 27.9. The van der Waals surface area contributed by atoms with Gasteiger partial charge in [0.25, 0.3) is 0 Å². The first-order chi connectivity index (χ1) is 18.8. The summed E-state index contributed by atoms with van der Waals surface area (Å²) in [6, 6.07) is 20.1. The summed E-state index contributed by atoms with van der Waals surface area (Å²) < 4.78 is 5.35. The van der Waals surface area contributed by atoms with Crippen LogP contribution in [0.1, 0.15) is 47.6 Å². The van der Waals surface area contributed by atoms with E-state index in [2.05, 4.69) is 10.3 Å². The number of nitrogens with one attached hydrogen (secondary N) is 1. The molecule has 1 aliphatic heterocycles. The highest BCUT2D eigenvalue weighted by molar-refractivity contribution is 5.78. The van der Waals surface area contributed by atoms with Crippen LogP contribution in [-0.4, -0.2) is 40.1 Å². The van der Waals surface area contributed by atoms with Crippen LogP contribution < -0.4 is 10.1 Å². The Bertz CT molecular complexity index is 1340. The Labute approximate surface area is 229 Å². The van der Waals surface area contributed by atoms with Gasteiger partial charge in [0.2, 0.25) is 5.91 Å². The molecule has 0 aromatic heterocycles. The first-order valence-corrected chi connectivity index (χ1v) is 13.1. The van der Waals surface area contributed by atoms with Crippen molar-refractivity contribution in [3.63, 3.8) is 0 Å². The summed E-state index contributed by atoms with van der Waals surface area (Å²) in [4.78, 5) is 17.2. The molecule has 0 radical (unpaired) electrons. The molecule has 3 aromatic rings. The second-order valence-electron chi connectivity index (χ2n) is 10.1. The van der Waals surface area contributed by atoms with Crippen LogP contribution in [0.25, 0.3) is 0 Å². The predicted molar refractivity (Wildman–Crippen MR) is 152 cm³/mol. The van der Waals surface area contributed by atoms with Gasteiger partial charge in [0.1, 0.15) is 11.5 Å². The molecule has 0 aliphatic carbocycles. The van der Waals surface area contributed by atoms with Gasteiger partial charge in [0.15, 0.2) is 0 Å². The molecule has 4 N–H and O–H groups in total. The maximum Gasteiger partial charge on any atom is 0.224 e. The molecule has 2 atom stereocenters. The Hall–Kier alpha value is -3.94. The number of aliphatic imine (C=N–C) groups is 1. The lowest BCUT2D eigenvalue weighted by Gasteiger charge is -2.36. The molecule has 0 fully saturated rings. The van der Waals surface area contributed by atoms with Gasteiger partial charge in [-0.3, -0.25) is 9.79 Å². The molecule has 7 heteroatoms. The van der Waals surface area contributed by atoms with Crippen LogP contribution in [0.15, 0.2) is 83.9 Å². The Kier molecular flexibility index (Phi) is 8.84. The fourth-order valence-corrected chi connectivity index (χ4v) is 5.07. The van der Waals surface area contributed by atoms with Crippen molar-refractivity contribution in [2.45, 2.75) is 56.9 Å². The molecule has 0 spiro atoms. The molecule has 204 valence electrons. The SMILES string of the molecule is CCC1(CC(O)(Cc2ccc(CC(=O)NCc3ccccc3OC)cc2)c2ccc(O)c(CO)c2)C=CC=N1. The van der Waals surface area contributed by atoms with E-state index in [-0.39, 0.29) is 24.7 Å². The van der Waals surface area contributed by atoms with E-state index in [0.29, 0.717) is 30.5 Å². The molecule has 3 aromatic carbocycles. The van der Waals surface area contributed by atoms with E-state index < -0.39 is 11.1 Å². The summed E-state index contributed by atoms with van der Waals surface area (Å²) >= 11 is 0. The fraction of sp³-hybridized carbons (Fsp3) is 0.312. The van der Waals surface area contributed by atoms with Crippen molar-refractivity contribution in [1.29, 1.82) is 0 Å². The lowest BCUT2D eigenvalue weighted by molar-refractivity contribution is -0.120. The number of amides is 1. The summed E-state index contributed by atoms with van der Waals surface area (Å²) in [7, 11) is 1.61. The Morgan fingerprint density at radius 3 is 2.46 bits per heavy atom. The van der Waals surface area contributed by atoms with Crippen molar-refractivity contribution in [1.82, 2.24) is 5.32 Å². The first-order valence-electron chi connectivity index (χ1n) is 13.1. The number of aromatic hydroxyl groups is 1. The molecule has 0 saturated carbocycles. The number of phenols is 1. The summed E-state index contributed by atoms with van der Waals surface area (Å²) in [5, 5.41) is 34.8. The van der Waals surface area contributed by atoms with Gasteiger partial charge in [-0.2, -0.15) is 0 Å². The number of ether oxygens (including phenoxy) is 1. The summed E-state index contributed by atoms with van der Waals surface area (Å²) in [6.45, 7) is 2.09. The minimum absolute atomic E-state index is 0.0130. The fourth-order valence-electron chi connectivity index (χ4n) is 5.07. The van der Waals surface area contributed by atoms with Gasteiger partial charge in [-0.1, -0.05) is 61.5 Å². The van der Waals surface area contributed by atoms with E-state index in [1.54, 1.807) is 25.5 Å². The van der Waals surface area contributed by atoms with E-state index in [1.165, 1.54) is 6.07 Å². The van der Waals surface area contributed by atoms with Crippen LogP contribution in [-0.2, 0) is 36.4 Å². The highest BCUT2D eigenvalue weighted by Crippen LogP contribution is 2.40. The molecule has 7 nitrogen and oxygen atoms in total. The van der Waals surface area contributed by atoms with Gasteiger partial charge in [-0.25, -0.2) is 0 Å². The second-order valence-corrected chi connectivity index (χ2v) is 10.1. The maximum absolute atomic E-state index is 12.6. The zero-order valence-electron chi connectivity index (χ0n) is 22.4. The highest BCUT2D eigenvalue weighted by atomic mass is 16.5. The van der Waals surface area contributed by atoms with Crippen LogP contribution in [0, 0.1) is 0 Å². The van der Waals surface area contributed by atoms with Crippen molar-refractivity contribution in [3.8, 4) is 11.5 Å². The number of hydrogen-bond donors (Lipinski definition) is 4. The minimum Gasteiger partial charge on any atom is -0.508 e. The third kappa shape index (κ3) is 6.74. The van der Waals surface area contributed by atoms with Crippen LogP contribution in [0.5, 0.6) is 11.5 Å². The quantitative estimate of drug-likeness (QED) is 0.279. The number of benzene rings is 3. The van der Waals surface area contributed by atoms with Crippen LogP contribution in [0.4, 0.5) is 0 Å². The van der Waals surface area contributed by atoms with Gasteiger partial charge in [-0.15, -0.1) is 0 Å². The Balaban J connectivity index is 1.49. The van der Waals surface area contributed by atoms with Crippen molar-refractivity contribution >= 4 is 12.1 Å². The zero-order valence-corrected chi connectivity index (χ0v) is 22.4. The van der Waals surface area contributed by atoms with E-state index >= 15 is 0 Å². The Morgan fingerprint density at radius 1 is 1.05 bits per heavy atom. The number of nitrogens with zero attached hydrogens (tertiary/aromatic N) is 1. The van der Waals surface area contributed by atoms with Gasteiger partial charge in [0, 0.05) is 36.7 Å². The molecule has 1 aliphatic rings. The highest BCUT2D eigenvalue weighted by Gasteiger charge is 2.40. The van der Waals surface area contributed by atoms with Crippen molar-refractivity contribution in [2.24, 2.45) is 4.99 Å². The van der Waals surface area contributed by atoms with Crippen molar-refractivity contribution < 1.29 is 24.9 Å². The van der Waals surface area contributed by atoms with E-state index in [0.717, 1.165) is 28.9 Å². The van der Waals surface area contributed by atoms with Crippen LogP contribution >= 0.6 is 0 Å². The third-order valence-corrected chi connectivity index (χ3v) is 7.37. The van der Waals surface area contributed by atoms with Crippen molar-refractivity contribution in [3.05, 3.63) is 107 Å². The third-order valence-electron chi connectivity index (χ3n) is 7.37. The first kappa shape index (κ1) is 28.1. The predicted octanol–water partition coefficient (Wildman–Crippen LogP) is 4.36. The standard InChI is InChI=1S/C32H36N2O5/c1-3-31(15-6-16-34-31)22-32(38,27-13-14-28(36)26(18-27)21-35)19-24-11-9-23(10-12-24)17-30(37)33-20-25-7-4-5-8-29(25)39-2/h4-16,18,35-36,38H,3,17,19-22H2,1-2H3,(H,33,37). The molecule has 1 amide bonds. The van der Waals surface area contributed by atoms with Gasteiger partial charge >= 0.3 is 0 Å². The van der Waals surface area contributed by atoms with Crippen LogP contribution in [0.2, 0.25) is 0 Å². The number of para-hydroxylation sites is 1. The lowest BCUT2D eigenvalue weighted by atomic mass is 9.75. The monoisotopic (exact) mass is 528 g/mol.